The van der Waals surface area contributed by atoms with E-state index in [9.17, 15) is 5.11 Å². The van der Waals surface area contributed by atoms with Gasteiger partial charge in [0.2, 0.25) is 0 Å². The molecule has 7 nitrogen and oxygen atoms in total. The van der Waals surface area contributed by atoms with Crippen molar-refractivity contribution in [3.05, 3.63) is 66.1 Å². The quantitative estimate of drug-likeness (QED) is 0.507. The molecule has 0 amide bonds. The Labute approximate surface area is 166 Å². The predicted molar refractivity (Wildman–Crippen MR) is 111 cm³/mol. The minimum atomic E-state index is 0.149. The molecular weight excluding hydrogens is 366 g/mol. The molecule has 29 heavy (non-hydrogen) atoms. The summed E-state index contributed by atoms with van der Waals surface area (Å²) < 4.78 is 9.04. The number of aromatic hydroxyl groups is 1. The molecule has 0 radical (unpaired) electrons. The highest BCUT2D eigenvalue weighted by Crippen LogP contribution is 2.32. The molecule has 0 bridgehead atoms. The van der Waals surface area contributed by atoms with Crippen LogP contribution in [0.5, 0.6) is 11.5 Å². The van der Waals surface area contributed by atoms with Crippen molar-refractivity contribution in [3.8, 4) is 28.6 Å². The van der Waals surface area contributed by atoms with Gasteiger partial charge in [-0.25, -0.2) is 14.5 Å². The third-order valence-corrected chi connectivity index (χ3v) is 5.31. The Morgan fingerprint density at radius 3 is 2.45 bits per heavy atom. The topological polar surface area (TPSA) is 77.5 Å². The number of ether oxygens (including phenoxy) is 1. The average Bonchev–Trinajstić information content (AvgIpc) is 3.28. The van der Waals surface area contributed by atoms with E-state index in [1.807, 2.05) is 30.3 Å². The van der Waals surface area contributed by atoms with Crippen LogP contribution in [0.3, 0.4) is 0 Å². The highest BCUT2D eigenvalue weighted by Gasteiger charge is 2.20. The Morgan fingerprint density at radius 2 is 1.72 bits per heavy atom. The zero-order valence-electron chi connectivity index (χ0n) is 16.3. The average molecular weight is 385 g/mol. The normalized spacial score (nSPS) is 11.4. The zero-order valence-corrected chi connectivity index (χ0v) is 16.3. The van der Waals surface area contributed by atoms with Gasteiger partial charge in [0.1, 0.15) is 17.8 Å². The molecule has 0 fully saturated rings. The van der Waals surface area contributed by atoms with Crippen LogP contribution < -0.4 is 4.74 Å². The van der Waals surface area contributed by atoms with Crippen LogP contribution in [0, 0.1) is 13.8 Å². The molecule has 0 aliphatic carbocycles. The number of para-hydroxylation sites is 1. The Balaban J connectivity index is 1.77. The number of aromatic nitrogens is 5. The fraction of sp³-hybridized carbons (Fsp3) is 0.136. The molecule has 0 atom stereocenters. The molecule has 0 aliphatic heterocycles. The summed E-state index contributed by atoms with van der Waals surface area (Å²) in [5.74, 6) is 1.42. The van der Waals surface area contributed by atoms with Gasteiger partial charge in [-0.2, -0.15) is 0 Å². The molecule has 144 valence electrons. The number of aryl methyl sites for hydroxylation is 1. The Morgan fingerprint density at radius 1 is 0.966 bits per heavy atom. The number of methoxy groups -OCH3 is 1. The molecule has 0 unspecified atom stereocenters. The van der Waals surface area contributed by atoms with Crippen molar-refractivity contribution in [1.29, 1.82) is 0 Å². The summed E-state index contributed by atoms with van der Waals surface area (Å²) in [6, 6.07) is 14.9. The second-order valence-corrected chi connectivity index (χ2v) is 6.91. The van der Waals surface area contributed by atoms with Crippen molar-refractivity contribution < 1.29 is 9.84 Å². The van der Waals surface area contributed by atoms with Crippen molar-refractivity contribution in [2.75, 3.05) is 7.11 Å². The van der Waals surface area contributed by atoms with Gasteiger partial charge in [0, 0.05) is 11.4 Å². The van der Waals surface area contributed by atoms with Crippen LogP contribution in [0.1, 0.15) is 11.3 Å². The van der Waals surface area contributed by atoms with Gasteiger partial charge in [0.25, 0.3) is 0 Å². The monoisotopic (exact) mass is 385 g/mol. The van der Waals surface area contributed by atoms with E-state index in [4.69, 9.17) is 9.72 Å². The number of rotatable bonds is 3. The smallest absolute Gasteiger partial charge is 0.185 e. The van der Waals surface area contributed by atoms with Crippen molar-refractivity contribution in [2.45, 2.75) is 13.8 Å². The van der Waals surface area contributed by atoms with Crippen LogP contribution in [0.4, 0.5) is 0 Å². The maximum absolute atomic E-state index is 10.2. The first-order valence-electron chi connectivity index (χ1n) is 9.24. The number of phenolic OH excluding ortho intramolecular Hbond substituents is 1. The van der Waals surface area contributed by atoms with E-state index in [1.165, 1.54) is 0 Å². The Hall–Kier alpha value is -3.87. The molecule has 7 heteroatoms. The van der Waals surface area contributed by atoms with E-state index in [-0.39, 0.29) is 5.75 Å². The van der Waals surface area contributed by atoms with Crippen LogP contribution in [0.2, 0.25) is 0 Å². The van der Waals surface area contributed by atoms with Crippen LogP contribution in [-0.4, -0.2) is 36.4 Å². The minimum Gasteiger partial charge on any atom is -0.507 e. The van der Waals surface area contributed by atoms with E-state index >= 15 is 0 Å². The van der Waals surface area contributed by atoms with E-state index in [2.05, 4.69) is 28.5 Å². The summed E-state index contributed by atoms with van der Waals surface area (Å²) >= 11 is 0. The van der Waals surface area contributed by atoms with Crippen LogP contribution in [-0.2, 0) is 0 Å². The van der Waals surface area contributed by atoms with E-state index in [1.54, 1.807) is 36.2 Å². The summed E-state index contributed by atoms with van der Waals surface area (Å²) in [5.41, 5.74) is 5.28. The third-order valence-electron chi connectivity index (χ3n) is 5.31. The molecule has 3 heterocycles. The fourth-order valence-corrected chi connectivity index (χ4v) is 3.68. The van der Waals surface area contributed by atoms with E-state index in [0.717, 1.165) is 33.7 Å². The van der Waals surface area contributed by atoms with Gasteiger partial charge >= 0.3 is 0 Å². The fourth-order valence-electron chi connectivity index (χ4n) is 3.68. The lowest BCUT2D eigenvalue weighted by Gasteiger charge is -2.08. The van der Waals surface area contributed by atoms with Gasteiger partial charge in [-0.3, -0.25) is 4.57 Å². The number of benzene rings is 2. The molecular formula is C22H19N5O2. The van der Waals surface area contributed by atoms with Crippen molar-refractivity contribution in [2.24, 2.45) is 0 Å². The number of hydrogen-bond donors (Lipinski definition) is 1. The van der Waals surface area contributed by atoms with Crippen LogP contribution >= 0.6 is 0 Å². The van der Waals surface area contributed by atoms with Gasteiger partial charge in [-0.05, 0) is 55.8 Å². The van der Waals surface area contributed by atoms with E-state index in [0.29, 0.717) is 17.0 Å². The second kappa shape index (κ2) is 6.34. The first kappa shape index (κ1) is 17.2. The van der Waals surface area contributed by atoms with Crippen LogP contribution in [0.15, 0.2) is 54.9 Å². The van der Waals surface area contributed by atoms with Gasteiger partial charge in [0.15, 0.2) is 17.1 Å². The first-order chi connectivity index (χ1) is 14.1. The SMILES string of the molecule is COc1ccc(-n2c(C)c(C)c3c2ncn2nc(-c4ccccc4O)nc32)cc1. The zero-order chi connectivity index (χ0) is 20.1. The molecule has 0 saturated carbocycles. The van der Waals surface area contributed by atoms with Gasteiger partial charge < -0.3 is 9.84 Å². The summed E-state index contributed by atoms with van der Waals surface area (Å²) in [6.07, 6.45) is 1.66. The predicted octanol–water partition coefficient (Wildman–Crippen LogP) is 4.07. The minimum absolute atomic E-state index is 0.149. The molecule has 3 aromatic heterocycles. The largest absolute Gasteiger partial charge is 0.507 e. The highest BCUT2D eigenvalue weighted by atomic mass is 16.5. The molecule has 0 aliphatic rings. The Bertz CT molecular complexity index is 1370. The molecule has 5 aromatic rings. The molecule has 5 rings (SSSR count). The van der Waals surface area contributed by atoms with E-state index < -0.39 is 0 Å². The number of phenols is 1. The van der Waals surface area contributed by atoms with Crippen molar-refractivity contribution in [1.82, 2.24) is 24.1 Å². The van der Waals surface area contributed by atoms with Crippen molar-refractivity contribution >= 4 is 16.7 Å². The van der Waals surface area contributed by atoms with Gasteiger partial charge in [-0.15, -0.1) is 5.10 Å². The third kappa shape index (κ3) is 2.55. The molecule has 2 aromatic carbocycles. The first-order valence-corrected chi connectivity index (χ1v) is 9.24. The summed E-state index contributed by atoms with van der Waals surface area (Å²) in [7, 11) is 1.65. The lowest BCUT2D eigenvalue weighted by molar-refractivity contribution is 0.415. The molecule has 1 N–H and O–H groups in total. The second-order valence-electron chi connectivity index (χ2n) is 6.91. The number of fused-ring (bicyclic) bond motifs is 3. The maximum atomic E-state index is 10.2. The molecule has 0 saturated heterocycles. The van der Waals surface area contributed by atoms with Gasteiger partial charge in [-0.1, -0.05) is 12.1 Å². The van der Waals surface area contributed by atoms with Gasteiger partial charge in [0.05, 0.1) is 18.1 Å². The highest BCUT2D eigenvalue weighted by molar-refractivity contribution is 5.95. The lowest BCUT2D eigenvalue weighted by Crippen LogP contribution is -1.99. The maximum Gasteiger partial charge on any atom is 0.185 e. The lowest BCUT2D eigenvalue weighted by atomic mass is 10.2. The standard InChI is InChI=1S/C22H19N5O2/c1-13-14(2)27(15-8-10-16(29-3)11-9-15)21-19(13)22-24-20(25-26(22)12-23-21)17-6-4-5-7-18(17)28/h4-12,28H,1-3H3. The Kier molecular flexibility index (Phi) is 3.77. The number of hydrogen-bond acceptors (Lipinski definition) is 5. The molecule has 0 spiro atoms. The number of nitrogens with zero attached hydrogens (tertiary/aromatic N) is 5. The summed E-state index contributed by atoms with van der Waals surface area (Å²) in [5, 5.41) is 15.6. The van der Waals surface area contributed by atoms with Crippen LogP contribution in [0.25, 0.3) is 33.8 Å². The summed E-state index contributed by atoms with van der Waals surface area (Å²) in [4.78, 5) is 9.40. The van der Waals surface area contributed by atoms with Crippen molar-refractivity contribution in [3.63, 3.8) is 0 Å². The summed E-state index contributed by atoms with van der Waals surface area (Å²) in [6.45, 7) is 4.13.